The molecule has 58 heavy (non-hydrogen) atoms. The minimum Gasteiger partial charge on any atom is -0.446 e. The minimum absolute atomic E-state index is 0.0366. The number of benzene rings is 2. The smallest absolute Gasteiger partial charge is 0.407 e. The van der Waals surface area contributed by atoms with Gasteiger partial charge < -0.3 is 34.9 Å². The summed E-state index contributed by atoms with van der Waals surface area (Å²) in [7, 11) is -6.88. The van der Waals surface area contributed by atoms with Crippen LogP contribution in [0.25, 0.3) is 0 Å². The van der Waals surface area contributed by atoms with Gasteiger partial charge in [-0.05, 0) is 95.5 Å². The molecule has 4 aromatic rings. The highest BCUT2D eigenvalue weighted by atomic mass is 32.2. The van der Waals surface area contributed by atoms with Crippen molar-refractivity contribution < 1.29 is 40.1 Å². The van der Waals surface area contributed by atoms with Crippen molar-refractivity contribution in [3.05, 3.63) is 71.0 Å². The number of carbonyl (C=O) groups is 2. The summed E-state index contributed by atoms with van der Waals surface area (Å²) in [6.45, 7) is 7.57. The summed E-state index contributed by atoms with van der Waals surface area (Å²) < 4.78 is 65.4. The SMILES string of the molecule is CC(C)NC(=O)OC1CC[C@H](c2cc(Nc3cccc4c3OS(=O)(=O)N4)n[nH]2)C1.CC(C)NC(=O)O[C@@H]1CC[C@H](c2cc(Nc3cccc4c3CS(=O)(=O)C4)n[nH]2)C1. The number of aromatic nitrogens is 4. The number of rotatable bonds is 10. The predicted molar refractivity (Wildman–Crippen MR) is 216 cm³/mol. The zero-order chi connectivity index (χ0) is 41.2. The quantitative estimate of drug-likeness (QED) is 0.0924. The molecule has 18 nitrogen and oxygen atoms in total. The Morgan fingerprint density at radius 2 is 1.28 bits per heavy atom. The molecule has 2 fully saturated rings. The lowest BCUT2D eigenvalue weighted by atomic mass is 10.0. The second kappa shape index (κ2) is 16.8. The molecule has 0 spiro atoms. The minimum atomic E-state index is -3.82. The van der Waals surface area contributed by atoms with E-state index in [4.69, 9.17) is 13.7 Å². The lowest BCUT2D eigenvalue weighted by Gasteiger charge is -2.14. The number of sulfone groups is 1. The highest BCUT2D eigenvalue weighted by Crippen LogP contribution is 2.42. The van der Waals surface area contributed by atoms with Crippen molar-refractivity contribution in [2.45, 2.75) is 114 Å². The van der Waals surface area contributed by atoms with E-state index in [0.29, 0.717) is 23.0 Å². The summed E-state index contributed by atoms with van der Waals surface area (Å²) in [5, 5.41) is 26.5. The number of alkyl carbamates (subject to hydrolysis) is 2. The molecule has 2 amide bonds. The maximum Gasteiger partial charge on any atom is 0.407 e. The maximum absolute atomic E-state index is 11.9. The average Bonchev–Trinajstić information content (AvgIpc) is 3.97. The number of carbonyl (C=O) groups excluding carboxylic acids is 2. The Morgan fingerprint density at radius 3 is 1.84 bits per heavy atom. The summed E-state index contributed by atoms with van der Waals surface area (Å²) >= 11 is 0. The van der Waals surface area contributed by atoms with Crippen LogP contribution < -0.4 is 30.2 Å². The van der Waals surface area contributed by atoms with Gasteiger partial charge >= 0.3 is 22.5 Å². The molecule has 20 heteroatoms. The Labute approximate surface area is 337 Å². The van der Waals surface area contributed by atoms with Gasteiger partial charge in [0.05, 0.1) is 22.9 Å². The normalized spacial score (nSPS) is 22.2. The van der Waals surface area contributed by atoms with Crippen LogP contribution >= 0.6 is 0 Å². The first kappa shape index (κ1) is 40.7. The Morgan fingerprint density at radius 1 is 0.741 bits per heavy atom. The second-order valence-electron chi connectivity index (χ2n) is 15.6. The van der Waals surface area contributed by atoms with Gasteiger partial charge in [0, 0.05) is 53.1 Å². The number of H-pyrrole nitrogens is 2. The van der Waals surface area contributed by atoms with Crippen molar-refractivity contribution in [2.75, 3.05) is 15.4 Å². The molecule has 2 saturated carbocycles. The molecule has 2 aromatic carbocycles. The van der Waals surface area contributed by atoms with Gasteiger partial charge in [0.25, 0.3) is 0 Å². The fraction of sp³-hybridized carbons (Fsp3) is 0.474. The van der Waals surface area contributed by atoms with E-state index >= 15 is 0 Å². The number of hydrogen-bond donors (Lipinski definition) is 7. The molecule has 0 bridgehead atoms. The summed E-state index contributed by atoms with van der Waals surface area (Å²) in [5.41, 5.74) is 5.24. The van der Waals surface area contributed by atoms with Crippen LogP contribution in [0.5, 0.6) is 5.75 Å². The lowest BCUT2D eigenvalue weighted by Crippen LogP contribution is -2.33. The molecule has 4 aliphatic rings. The monoisotopic (exact) mass is 839 g/mol. The van der Waals surface area contributed by atoms with Crippen molar-refractivity contribution in [1.29, 1.82) is 0 Å². The van der Waals surface area contributed by atoms with Crippen LogP contribution in [0, 0.1) is 0 Å². The van der Waals surface area contributed by atoms with Crippen molar-refractivity contribution in [2.24, 2.45) is 0 Å². The van der Waals surface area contributed by atoms with Gasteiger partial charge in [-0.2, -0.15) is 18.6 Å². The molecule has 0 saturated heterocycles. The number of aromatic amines is 2. The molecule has 2 aliphatic heterocycles. The van der Waals surface area contributed by atoms with E-state index in [-0.39, 0.29) is 65.6 Å². The van der Waals surface area contributed by atoms with E-state index in [1.54, 1.807) is 18.2 Å². The zero-order valence-corrected chi connectivity index (χ0v) is 34.3. The summed E-state index contributed by atoms with van der Waals surface area (Å²) in [5.74, 6) is 2.01. The van der Waals surface area contributed by atoms with Gasteiger partial charge in [0.15, 0.2) is 27.2 Å². The van der Waals surface area contributed by atoms with E-state index in [1.807, 2.05) is 58.0 Å². The van der Waals surface area contributed by atoms with Crippen molar-refractivity contribution in [3.63, 3.8) is 0 Å². The number of nitrogens with one attached hydrogen (secondary N) is 7. The Bertz CT molecular complexity index is 2200. The number of anilines is 5. The van der Waals surface area contributed by atoms with Gasteiger partial charge in [0.2, 0.25) is 0 Å². The average molecular weight is 840 g/mol. The number of para-hydroxylation sites is 1. The van der Waals surface area contributed by atoms with Crippen LogP contribution in [0.3, 0.4) is 0 Å². The van der Waals surface area contributed by atoms with Crippen LogP contribution in [0.2, 0.25) is 0 Å². The Kier molecular flexibility index (Phi) is 11.8. The van der Waals surface area contributed by atoms with Gasteiger partial charge in [0.1, 0.15) is 12.2 Å². The van der Waals surface area contributed by atoms with Gasteiger partial charge in [-0.25, -0.2) is 22.7 Å². The van der Waals surface area contributed by atoms with Crippen LogP contribution in [-0.2, 0) is 41.1 Å². The van der Waals surface area contributed by atoms with E-state index in [9.17, 15) is 26.4 Å². The second-order valence-corrected chi connectivity index (χ2v) is 19.0. The number of fused-ring (bicyclic) bond motifs is 2. The van der Waals surface area contributed by atoms with Gasteiger partial charge in [-0.1, -0.05) is 18.2 Å². The maximum atomic E-state index is 11.9. The molecule has 312 valence electrons. The third kappa shape index (κ3) is 10.1. The standard InChI is InChI=1S/C20H26N4O4S.C18H23N5O5S/c1-12(2)21-20(25)28-15-7-6-13(8-15)18-9-19(24-23-18)22-17-5-3-4-14-10-29(26,27)11-16(14)17;1-10(2)19-18(24)27-12-7-6-11(8-12)15-9-16(22-21-15)20-13-4-3-5-14-17(13)28-29(25,26)23-14/h3-5,9,12-13,15H,6-8,10-11H2,1-2H3,(H,21,25)(H2,22,23,24);3-5,9-12,23H,6-8H2,1-2H3,(H,19,24)(H2,20,21,22)/t13-,15+;11-,12?/m00/s1. The molecule has 7 N–H and O–H groups in total. The van der Waals surface area contributed by atoms with Gasteiger partial charge in [-0.3, -0.25) is 10.2 Å². The predicted octanol–water partition coefficient (Wildman–Crippen LogP) is 6.33. The largest absolute Gasteiger partial charge is 0.446 e. The fourth-order valence-electron chi connectivity index (χ4n) is 7.63. The van der Waals surface area contributed by atoms with Crippen molar-refractivity contribution in [3.8, 4) is 5.75 Å². The lowest BCUT2D eigenvalue weighted by molar-refractivity contribution is 0.0972. The highest BCUT2D eigenvalue weighted by Gasteiger charge is 2.33. The first-order valence-electron chi connectivity index (χ1n) is 19.3. The Hall–Kier alpha value is -5.50. The van der Waals surface area contributed by atoms with Crippen LogP contribution in [0.1, 0.15) is 101 Å². The van der Waals surface area contributed by atoms with E-state index in [0.717, 1.165) is 66.7 Å². The summed E-state index contributed by atoms with van der Waals surface area (Å²) in [6.07, 6.45) is 3.91. The first-order valence-corrected chi connectivity index (χ1v) is 22.6. The molecular weight excluding hydrogens is 791 g/mol. The molecule has 2 aromatic heterocycles. The van der Waals surface area contributed by atoms with Gasteiger partial charge in [-0.15, -0.1) is 0 Å². The zero-order valence-electron chi connectivity index (χ0n) is 32.6. The fourth-order valence-corrected chi connectivity index (χ4v) is 10.1. The first-order chi connectivity index (χ1) is 27.6. The third-order valence-electron chi connectivity index (χ3n) is 10.2. The molecule has 2 aliphatic carbocycles. The van der Waals surface area contributed by atoms with E-state index in [2.05, 4.69) is 46.4 Å². The topological polar surface area (TPSA) is 248 Å². The molecule has 4 heterocycles. The molecule has 8 rings (SSSR count). The molecular formula is C38H49N9O9S2. The number of ether oxygens (including phenoxy) is 2. The van der Waals surface area contributed by atoms with Crippen molar-refractivity contribution in [1.82, 2.24) is 31.0 Å². The van der Waals surface area contributed by atoms with E-state index in [1.165, 1.54) is 0 Å². The molecule has 4 atom stereocenters. The number of nitrogens with zero attached hydrogens (tertiary/aromatic N) is 2. The van der Waals surface area contributed by atoms with Crippen molar-refractivity contribution >= 4 is 61.0 Å². The number of amides is 2. The highest BCUT2D eigenvalue weighted by molar-refractivity contribution is 7.90. The summed E-state index contributed by atoms with van der Waals surface area (Å²) in [6, 6.07) is 14.5. The van der Waals surface area contributed by atoms with Crippen LogP contribution in [0.15, 0.2) is 48.5 Å². The van der Waals surface area contributed by atoms with Crippen LogP contribution in [0.4, 0.5) is 38.3 Å². The van der Waals surface area contributed by atoms with E-state index < -0.39 is 20.1 Å². The summed E-state index contributed by atoms with van der Waals surface area (Å²) in [4.78, 5) is 23.6. The molecule has 0 radical (unpaired) electrons. The third-order valence-corrected chi connectivity index (χ3v) is 12.5. The molecule has 1 unspecified atom stereocenters. The Balaban J connectivity index is 0.000000177. The van der Waals surface area contributed by atoms with Crippen LogP contribution in [-0.4, -0.2) is 73.7 Å². The number of hydrogen-bond acceptors (Lipinski definition) is 13.